The number of carbonyl (C=O) groups is 2. The summed E-state index contributed by atoms with van der Waals surface area (Å²) in [7, 11) is 1.10. The predicted molar refractivity (Wildman–Crippen MR) is 64.7 cm³/mol. The number of nitrogens with one attached hydrogen (secondary N) is 1. The average Bonchev–Trinajstić information content (AvgIpc) is 2.37. The molecule has 0 aromatic heterocycles. The number of carbonyl (C=O) groups excluding carboxylic acids is 2. The molecule has 0 aliphatic rings. The first-order valence-corrected chi connectivity index (χ1v) is 4.91. The summed E-state index contributed by atoms with van der Waals surface area (Å²) in [6.07, 6.45) is 1.06. The van der Waals surface area contributed by atoms with Crippen molar-refractivity contribution in [1.29, 1.82) is 0 Å². The highest BCUT2D eigenvalue weighted by molar-refractivity contribution is 6.03. The maximum absolute atomic E-state index is 11.6. The lowest BCUT2D eigenvalue weighted by molar-refractivity contribution is -0.385. The fourth-order valence-electron chi connectivity index (χ4n) is 1.31. The lowest BCUT2D eigenvalue weighted by atomic mass is 10.1. The van der Waals surface area contributed by atoms with Crippen LogP contribution < -0.4 is 11.2 Å². The van der Waals surface area contributed by atoms with Crippen LogP contribution in [0.1, 0.15) is 15.9 Å². The van der Waals surface area contributed by atoms with Crippen molar-refractivity contribution in [3.63, 3.8) is 0 Å². The van der Waals surface area contributed by atoms with Crippen LogP contribution in [0.5, 0.6) is 0 Å². The molecular formula is C10H10N4O5. The summed E-state index contributed by atoms with van der Waals surface area (Å²) in [6, 6.07) is 3.04. The summed E-state index contributed by atoms with van der Waals surface area (Å²) in [6.45, 7) is 0. The Hall–Kier alpha value is -2.97. The third-order valence-corrected chi connectivity index (χ3v) is 2.04. The summed E-state index contributed by atoms with van der Waals surface area (Å²) in [5, 5.41) is 14.3. The maximum atomic E-state index is 11.6. The van der Waals surface area contributed by atoms with Gasteiger partial charge in [0.15, 0.2) is 0 Å². The van der Waals surface area contributed by atoms with E-state index in [2.05, 4.69) is 9.84 Å². The van der Waals surface area contributed by atoms with Gasteiger partial charge >= 0.3 is 12.0 Å². The molecule has 9 nitrogen and oxygen atoms in total. The van der Waals surface area contributed by atoms with E-state index in [4.69, 9.17) is 5.73 Å². The van der Waals surface area contributed by atoms with Crippen LogP contribution in [0.3, 0.4) is 0 Å². The van der Waals surface area contributed by atoms with Gasteiger partial charge in [0.05, 0.1) is 18.2 Å². The van der Waals surface area contributed by atoms with Crippen molar-refractivity contribution in [2.75, 3.05) is 7.11 Å². The number of nitro benzene ring substituents is 1. The van der Waals surface area contributed by atoms with Crippen LogP contribution in [0, 0.1) is 10.1 Å². The minimum atomic E-state index is -0.902. The average molecular weight is 266 g/mol. The molecule has 0 saturated carbocycles. The van der Waals surface area contributed by atoms with Crippen molar-refractivity contribution in [3.05, 3.63) is 39.4 Å². The number of primary amides is 1. The zero-order chi connectivity index (χ0) is 14.4. The molecule has 0 atom stereocenters. The van der Waals surface area contributed by atoms with E-state index in [1.165, 1.54) is 12.1 Å². The Morgan fingerprint density at radius 1 is 1.53 bits per heavy atom. The Morgan fingerprint density at radius 3 is 2.74 bits per heavy atom. The molecule has 0 heterocycles. The van der Waals surface area contributed by atoms with Crippen molar-refractivity contribution in [1.82, 2.24) is 5.43 Å². The van der Waals surface area contributed by atoms with Gasteiger partial charge in [0.1, 0.15) is 5.56 Å². The number of hydrazone groups is 1. The number of methoxy groups -OCH3 is 1. The lowest BCUT2D eigenvalue weighted by Gasteiger charge is -2.04. The molecule has 0 saturated heterocycles. The molecule has 0 bridgehead atoms. The molecule has 0 aliphatic heterocycles. The molecule has 3 N–H and O–H groups in total. The number of rotatable bonds is 4. The highest BCUT2D eigenvalue weighted by Gasteiger charge is 2.23. The molecule has 0 aliphatic carbocycles. The van der Waals surface area contributed by atoms with Crippen LogP contribution in [-0.2, 0) is 4.74 Å². The fourth-order valence-corrected chi connectivity index (χ4v) is 1.31. The van der Waals surface area contributed by atoms with Gasteiger partial charge in [-0.05, 0) is 0 Å². The summed E-state index contributed by atoms with van der Waals surface area (Å²) in [5.41, 5.74) is 6.15. The van der Waals surface area contributed by atoms with E-state index in [-0.39, 0.29) is 11.1 Å². The van der Waals surface area contributed by atoms with E-state index < -0.39 is 22.6 Å². The third kappa shape index (κ3) is 3.49. The van der Waals surface area contributed by atoms with Gasteiger partial charge < -0.3 is 10.5 Å². The van der Waals surface area contributed by atoms with E-state index in [1.54, 1.807) is 0 Å². The SMILES string of the molecule is COC(=O)c1c(C=NNC(N)=O)cccc1[N+](=O)[O-]. The largest absolute Gasteiger partial charge is 0.465 e. The smallest absolute Gasteiger partial charge is 0.345 e. The highest BCUT2D eigenvalue weighted by Crippen LogP contribution is 2.22. The van der Waals surface area contributed by atoms with Gasteiger partial charge in [-0.2, -0.15) is 5.10 Å². The summed E-state index contributed by atoms with van der Waals surface area (Å²) in [4.78, 5) is 32.1. The van der Waals surface area contributed by atoms with Gasteiger partial charge in [-0.15, -0.1) is 0 Å². The molecule has 1 aromatic carbocycles. The Kier molecular flexibility index (Phi) is 4.52. The molecule has 0 fully saturated rings. The van der Waals surface area contributed by atoms with Gasteiger partial charge in [-0.1, -0.05) is 12.1 Å². The number of hydrogen-bond donors (Lipinski definition) is 2. The van der Waals surface area contributed by atoms with Crippen molar-refractivity contribution >= 4 is 23.9 Å². The zero-order valence-electron chi connectivity index (χ0n) is 9.82. The Labute approximate surface area is 107 Å². The number of urea groups is 1. The quantitative estimate of drug-likeness (QED) is 0.351. The molecule has 0 unspecified atom stereocenters. The number of ether oxygens (including phenoxy) is 1. The van der Waals surface area contributed by atoms with Crippen molar-refractivity contribution < 1.29 is 19.2 Å². The third-order valence-electron chi connectivity index (χ3n) is 2.04. The Balaban J connectivity index is 3.27. The van der Waals surface area contributed by atoms with Gasteiger partial charge in [-0.3, -0.25) is 10.1 Å². The second-order valence-electron chi connectivity index (χ2n) is 3.22. The van der Waals surface area contributed by atoms with Crippen molar-refractivity contribution in [2.45, 2.75) is 0 Å². The van der Waals surface area contributed by atoms with E-state index in [1.807, 2.05) is 5.43 Å². The number of esters is 1. The Bertz CT molecular complexity index is 555. The summed E-state index contributed by atoms with van der Waals surface area (Å²) >= 11 is 0. The molecule has 2 amide bonds. The molecule has 0 radical (unpaired) electrons. The van der Waals surface area contributed by atoms with Crippen LogP contribution in [0.25, 0.3) is 0 Å². The standard InChI is InChI=1S/C10H10N4O5/c1-19-9(15)8-6(5-12-13-10(11)16)3-2-4-7(8)14(17)18/h2-5H,1H3,(H3,11,13,16). The lowest BCUT2D eigenvalue weighted by Crippen LogP contribution is -2.24. The van der Waals surface area contributed by atoms with Crippen LogP contribution in [0.15, 0.2) is 23.3 Å². The van der Waals surface area contributed by atoms with Crippen LogP contribution in [0.4, 0.5) is 10.5 Å². The number of hydrogen-bond acceptors (Lipinski definition) is 6. The molecule has 9 heteroatoms. The number of nitrogens with two attached hydrogens (primary N) is 1. The first-order valence-electron chi connectivity index (χ1n) is 4.91. The summed E-state index contributed by atoms with van der Waals surface area (Å²) in [5.74, 6) is -0.882. The van der Waals surface area contributed by atoms with E-state index in [9.17, 15) is 19.7 Å². The molecule has 19 heavy (non-hydrogen) atoms. The molecule has 1 aromatic rings. The van der Waals surface area contributed by atoms with Crippen molar-refractivity contribution in [3.8, 4) is 0 Å². The number of nitro groups is 1. The topological polar surface area (TPSA) is 137 Å². The van der Waals surface area contributed by atoms with E-state index in [0.717, 1.165) is 19.4 Å². The minimum absolute atomic E-state index is 0.120. The second kappa shape index (κ2) is 6.10. The van der Waals surface area contributed by atoms with E-state index in [0.29, 0.717) is 0 Å². The molecule has 0 spiro atoms. The van der Waals surface area contributed by atoms with E-state index >= 15 is 0 Å². The van der Waals surface area contributed by atoms with Crippen LogP contribution in [0.2, 0.25) is 0 Å². The van der Waals surface area contributed by atoms with Gasteiger partial charge in [0.25, 0.3) is 5.69 Å². The van der Waals surface area contributed by atoms with Gasteiger partial charge in [0.2, 0.25) is 0 Å². The zero-order valence-corrected chi connectivity index (χ0v) is 9.82. The highest BCUT2D eigenvalue weighted by atomic mass is 16.6. The monoisotopic (exact) mass is 266 g/mol. The van der Waals surface area contributed by atoms with Gasteiger partial charge in [-0.25, -0.2) is 15.0 Å². The number of amides is 2. The molecule has 1 rings (SSSR count). The van der Waals surface area contributed by atoms with Crippen molar-refractivity contribution in [2.24, 2.45) is 10.8 Å². The fraction of sp³-hybridized carbons (Fsp3) is 0.100. The first kappa shape index (κ1) is 14.1. The minimum Gasteiger partial charge on any atom is -0.465 e. The number of nitrogens with zero attached hydrogens (tertiary/aromatic N) is 2. The molecular weight excluding hydrogens is 256 g/mol. The number of benzene rings is 1. The predicted octanol–water partition coefficient (Wildman–Crippen LogP) is 0.384. The van der Waals surface area contributed by atoms with Crippen LogP contribution >= 0.6 is 0 Å². The second-order valence-corrected chi connectivity index (χ2v) is 3.22. The van der Waals surface area contributed by atoms with Crippen LogP contribution in [-0.4, -0.2) is 30.2 Å². The Morgan fingerprint density at radius 2 is 2.21 bits per heavy atom. The first-order chi connectivity index (χ1) is 8.97. The molecule has 100 valence electrons. The maximum Gasteiger partial charge on any atom is 0.345 e. The summed E-state index contributed by atoms with van der Waals surface area (Å²) < 4.78 is 4.48. The normalized spacial score (nSPS) is 10.2. The van der Waals surface area contributed by atoms with Gasteiger partial charge in [0, 0.05) is 11.6 Å².